The van der Waals surface area contributed by atoms with E-state index in [-0.39, 0.29) is 33.0 Å². The molecule has 0 spiro atoms. The zero-order valence-corrected chi connectivity index (χ0v) is 25.3. The zero-order chi connectivity index (χ0) is 29.1. The lowest BCUT2D eigenvalue weighted by Gasteiger charge is -2.27. The third-order valence-corrected chi connectivity index (χ3v) is 9.32. The molecule has 2 heterocycles. The van der Waals surface area contributed by atoms with Crippen molar-refractivity contribution in [3.05, 3.63) is 44.6 Å². The molecule has 214 valence electrons. The number of carbonyl (C=O) groups excluding carboxylic acids is 3. The van der Waals surface area contributed by atoms with Crippen LogP contribution in [-0.4, -0.2) is 73.9 Å². The van der Waals surface area contributed by atoms with Crippen molar-refractivity contribution in [1.82, 2.24) is 14.5 Å². The van der Waals surface area contributed by atoms with Crippen molar-refractivity contribution >= 4 is 62.5 Å². The molecule has 2 atom stereocenters. The van der Waals surface area contributed by atoms with Crippen molar-refractivity contribution < 1.29 is 32.3 Å². The van der Waals surface area contributed by atoms with Crippen LogP contribution in [0.4, 0.5) is 4.79 Å². The number of ether oxygens (including phenoxy) is 2. The lowest BCUT2D eigenvalue weighted by Crippen LogP contribution is -2.52. The van der Waals surface area contributed by atoms with Gasteiger partial charge in [-0.1, -0.05) is 35.3 Å². The number of benzene rings is 1. The Morgan fingerprint density at radius 2 is 1.82 bits per heavy atom. The summed E-state index contributed by atoms with van der Waals surface area (Å²) < 4.78 is 38.7. The van der Waals surface area contributed by atoms with Crippen LogP contribution in [0, 0.1) is 0 Å². The van der Waals surface area contributed by atoms with Crippen LogP contribution in [0.3, 0.4) is 0 Å². The van der Waals surface area contributed by atoms with Gasteiger partial charge in [0.05, 0.1) is 4.34 Å². The molecular formula is C25H31Cl2N3O7S2. The van der Waals surface area contributed by atoms with E-state index >= 15 is 0 Å². The molecule has 3 rings (SSSR count). The van der Waals surface area contributed by atoms with Gasteiger partial charge in [0.25, 0.3) is 0 Å². The number of nitrogens with zero attached hydrogens (tertiary/aromatic N) is 2. The van der Waals surface area contributed by atoms with Gasteiger partial charge in [0.1, 0.15) is 32.7 Å². The van der Waals surface area contributed by atoms with E-state index in [0.29, 0.717) is 17.7 Å². The third kappa shape index (κ3) is 8.07. The summed E-state index contributed by atoms with van der Waals surface area (Å²) in [5, 5.41) is 2.70. The van der Waals surface area contributed by atoms with Gasteiger partial charge in [-0.25, -0.2) is 18.0 Å². The highest BCUT2D eigenvalue weighted by molar-refractivity contribution is 7.89. The molecule has 1 saturated heterocycles. The predicted molar refractivity (Wildman–Crippen MR) is 149 cm³/mol. The number of amides is 2. The van der Waals surface area contributed by atoms with E-state index in [9.17, 15) is 22.8 Å². The molecule has 1 aromatic carbocycles. The van der Waals surface area contributed by atoms with Crippen LogP contribution in [-0.2, 0) is 30.8 Å². The molecule has 1 aromatic heterocycles. The highest BCUT2D eigenvalue weighted by Crippen LogP contribution is 2.37. The lowest BCUT2D eigenvalue weighted by atomic mass is 10.0. The highest BCUT2D eigenvalue weighted by Gasteiger charge is 2.42. The van der Waals surface area contributed by atoms with E-state index in [1.54, 1.807) is 59.1 Å². The molecule has 0 bridgehead atoms. The van der Waals surface area contributed by atoms with Gasteiger partial charge in [-0.2, -0.15) is 4.31 Å². The smallest absolute Gasteiger partial charge is 0.414 e. The van der Waals surface area contributed by atoms with E-state index in [1.165, 1.54) is 11.0 Å². The molecule has 0 unspecified atom stereocenters. The number of hydrogen-bond donors (Lipinski definition) is 1. The topological polar surface area (TPSA) is 122 Å². The van der Waals surface area contributed by atoms with Crippen molar-refractivity contribution in [2.24, 2.45) is 0 Å². The minimum atomic E-state index is -4.10. The standard InChI is InChI=1S/C25H31Cl2N3O7S2/c1-25(2,3)37-23(32)17(13-15-8-10-16(11-9-15)36-24(33)29(4)5)28-22(31)18-7-6-12-30(18)39(34,35)19-14-20(26)38-21(19)27/h8-11,14,17-18H,6-7,12-13H2,1-5H3,(H,28,31)/t17-,18-/m0/s1. The Labute approximate surface area is 242 Å². The highest BCUT2D eigenvalue weighted by atomic mass is 35.5. The van der Waals surface area contributed by atoms with Crippen molar-refractivity contribution in [2.45, 2.75) is 62.6 Å². The number of esters is 1. The molecule has 1 fully saturated rings. The molecule has 1 aliphatic rings. The fourth-order valence-corrected chi connectivity index (χ4v) is 7.64. The van der Waals surface area contributed by atoms with Gasteiger partial charge in [0.2, 0.25) is 15.9 Å². The fraction of sp³-hybridized carbons (Fsp3) is 0.480. The molecule has 39 heavy (non-hydrogen) atoms. The van der Waals surface area contributed by atoms with Gasteiger partial charge in [0, 0.05) is 27.1 Å². The maximum Gasteiger partial charge on any atom is 0.414 e. The number of thiophene rings is 1. The van der Waals surface area contributed by atoms with E-state index in [2.05, 4.69) is 5.32 Å². The van der Waals surface area contributed by atoms with Gasteiger partial charge in [-0.15, -0.1) is 11.3 Å². The van der Waals surface area contributed by atoms with Gasteiger partial charge >= 0.3 is 12.1 Å². The Bertz CT molecular complexity index is 1320. The van der Waals surface area contributed by atoms with Gasteiger partial charge in [-0.3, -0.25) is 4.79 Å². The Kier molecular flexibility index (Phi) is 9.92. The first kappa shape index (κ1) is 31.2. The lowest BCUT2D eigenvalue weighted by molar-refractivity contribution is -0.158. The van der Waals surface area contributed by atoms with Crippen LogP contribution >= 0.6 is 34.5 Å². The van der Waals surface area contributed by atoms with Crippen LogP contribution < -0.4 is 10.1 Å². The molecule has 0 saturated carbocycles. The first-order valence-electron chi connectivity index (χ1n) is 12.1. The average Bonchev–Trinajstić information content (AvgIpc) is 3.45. The second-order valence-electron chi connectivity index (χ2n) is 10.2. The van der Waals surface area contributed by atoms with Crippen molar-refractivity contribution in [1.29, 1.82) is 0 Å². The fourth-order valence-electron chi connectivity index (χ4n) is 3.87. The van der Waals surface area contributed by atoms with Crippen LogP contribution in [0.2, 0.25) is 8.67 Å². The quantitative estimate of drug-likeness (QED) is 0.436. The summed E-state index contributed by atoms with van der Waals surface area (Å²) in [6, 6.07) is 5.60. The van der Waals surface area contributed by atoms with Gasteiger partial charge in [-0.05, 0) is 57.4 Å². The number of halogens is 2. The maximum atomic E-state index is 13.4. The monoisotopic (exact) mass is 619 g/mol. The van der Waals surface area contributed by atoms with Crippen LogP contribution in [0.1, 0.15) is 39.2 Å². The number of carbonyl (C=O) groups is 3. The third-order valence-electron chi connectivity index (χ3n) is 5.66. The normalized spacial score (nSPS) is 16.9. The largest absolute Gasteiger partial charge is 0.458 e. The number of rotatable bonds is 8. The van der Waals surface area contributed by atoms with Crippen molar-refractivity contribution in [2.75, 3.05) is 20.6 Å². The van der Waals surface area contributed by atoms with E-state index in [1.807, 2.05) is 0 Å². The minimum absolute atomic E-state index is 0.0115. The van der Waals surface area contributed by atoms with E-state index < -0.39 is 45.7 Å². The van der Waals surface area contributed by atoms with E-state index in [0.717, 1.165) is 15.6 Å². The first-order valence-corrected chi connectivity index (χ1v) is 15.1. The summed E-state index contributed by atoms with van der Waals surface area (Å²) in [6.45, 7) is 5.24. The van der Waals surface area contributed by atoms with Gasteiger partial charge < -0.3 is 19.7 Å². The molecule has 2 amide bonds. The predicted octanol–water partition coefficient (Wildman–Crippen LogP) is 4.34. The zero-order valence-electron chi connectivity index (χ0n) is 22.2. The molecular weight excluding hydrogens is 589 g/mol. The van der Waals surface area contributed by atoms with Crippen LogP contribution in [0.25, 0.3) is 0 Å². The summed E-state index contributed by atoms with van der Waals surface area (Å²) in [5.74, 6) is -0.978. The molecule has 14 heteroatoms. The molecule has 0 radical (unpaired) electrons. The minimum Gasteiger partial charge on any atom is -0.458 e. The summed E-state index contributed by atoms with van der Waals surface area (Å²) in [6.07, 6.45) is 0.252. The van der Waals surface area contributed by atoms with E-state index in [4.69, 9.17) is 32.7 Å². The Morgan fingerprint density at radius 3 is 2.36 bits per heavy atom. The number of hydrogen-bond acceptors (Lipinski definition) is 8. The van der Waals surface area contributed by atoms with Crippen LogP contribution in [0.5, 0.6) is 5.75 Å². The number of sulfonamides is 1. The first-order chi connectivity index (χ1) is 18.1. The molecule has 2 aromatic rings. The average molecular weight is 621 g/mol. The Morgan fingerprint density at radius 1 is 1.18 bits per heavy atom. The second-order valence-corrected chi connectivity index (χ2v) is 14.3. The second kappa shape index (κ2) is 12.4. The molecule has 1 N–H and O–H groups in total. The molecule has 0 aliphatic carbocycles. The number of nitrogens with one attached hydrogen (secondary N) is 1. The van der Waals surface area contributed by atoms with Crippen molar-refractivity contribution in [3.8, 4) is 5.75 Å². The summed E-state index contributed by atoms with van der Waals surface area (Å²) in [4.78, 5) is 39.4. The SMILES string of the molecule is CN(C)C(=O)Oc1ccc(C[C@H](NC(=O)[C@@H]2CCCN2S(=O)(=O)c2cc(Cl)sc2Cl)C(=O)OC(C)(C)C)cc1. The summed E-state index contributed by atoms with van der Waals surface area (Å²) in [5.41, 5.74) is -0.159. The summed E-state index contributed by atoms with van der Waals surface area (Å²) >= 11 is 13.0. The maximum absolute atomic E-state index is 13.4. The Balaban J connectivity index is 1.80. The van der Waals surface area contributed by atoms with Crippen molar-refractivity contribution in [3.63, 3.8) is 0 Å². The van der Waals surface area contributed by atoms with Crippen LogP contribution in [0.15, 0.2) is 35.2 Å². The molecule has 10 nitrogen and oxygen atoms in total. The summed E-state index contributed by atoms with van der Waals surface area (Å²) in [7, 11) is -0.980. The Hall–Kier alpha value is -2.38. The van der Waals surface area contributed by atoms with Gasteiger partial charge in [0.15, 0.2) is 0 Å². The molecule has 1 aliphatic heterocycles.